The highest BCUT2D eigenvalue weighted by molar-refractivity contribution is 6.34. The van der Waals surface area contributed by atoms with Crippen LogP contribution in [-0.2, 0) is 15.6 Å². The Morgan fingerprint density at radius 2 is 1.66 bits per heavy atom. The summed E-state index contributed by atoms with van der Waals surface area (Å²) in [5, 5.41) is 13.4. The van der Waals surface area contributed by atoms with Gasteiger partial charge in [0.15, 0.2) is 6.34 Å². The maximum atomic E-state index is 13.3. The van der Waals surface area contributed by atoms with Gasteiger partial charge in [0.25, 0.3) is 0 Å². The Bertz CT molecular complexity index is 1680. The number of anilines is 1. The van der Waals surface area contributed by atoms with E-state index in [2.05, 4.69) is 69.9 Å². The lowest BCUT2D eigenvalue weighted by Gasteiger charge is -2.22. The van der Waals surface area contributed by atoms with Crippen molar-refractivity contribution in [3.05, 3.63) is 107 Å². The average Bonchev–Trinajstić information content (AvgIpc) is 3.69. The molecule has 0 aromatic heterocycles. The number of nitrogens with one attached hydrogen (secondary N) is 2. The van der Waals surface area contributed by atoms with Gasteiger partial charge in [-0.1, -0.05) is 86.1 Å². The molecule has 4 aromatic rings. The number of carbonyl (C=O) groups excluding carboxylic acids is 1. The standard InChI is InChI=1S/C34H31ClN4O2/c1-33(2,18-40)25-11-7-24(8-12-25)29-17-34(29)28-15-27(30(35)16-31(28)39-32(34)41)23-5-3-21(4-6-23)22-9-13-26(14-10-22)38-20-37-19-36/h3-16,19-20,29,40H,17-18H2,1-2H3,(H,39,41)(H2,36,37,38)/p+1. The number of hydrogen-bond donors (Lipinski definition) is 4. The number of aliphatic hydroxyl groups excluding tert-OH is 1. The van der Waals surface area contributed by atoms with Gasteiger partial charge in [0.2, 0.25) is 12.2 Å². The Labute approximate surface area is 244 Å². The predicted octanol–water partition coefficient (Wildman–Crippen LogP) is 5.05. The number of hydrogen-bond acceptors (Lipinski definition) is 3. The van der Waals surface area contributed by atoms with Crippen LogP contribution in [0.2, 0.25) is 5.02 Å². The van der Waals surface area contributed by atoms with Crippen molar-refractivity contribution in [2.75, 3.05) is 11.9 Å². The van der Waals surface area contributed by atoms with E-state index in [9.17, 15) is 9.90 Å². The Hall–Kier alpha value is -4.26. The topological polar surface area (TPSA) is 102 Å². The predicted molar refractivity (Wildman–Crippen MR) is 166 cm³/mol. The van der Waals surface area contributed by atoms with E-state index in [1.807, 2.05) is 44.2 Å². The van der Waals surface area contributed by atoms with Crippen molar-refractivity contribution in [2.24, 2.45) is 10.7 Å². The van der Waals surface area contributed by atoms with E-state index in [0.717, 1.165) is 56.7 Å². The molecule has 0 saturated heterocycles. The van der Waals surface area contributed by atoms with Gasteiger partial charge >= 0.3 is 0 Å². The molecule has 2 aliphatic rings. The van der Waals surface area contributed by atoms with Gasteiger partial charge in [-0.2, -0.15) is 0 Å². The molecule has 6 nitrogen and oxygen atoms in total. The molecule has 1 heterocycles. The fourth-order valence-electron chi connectivity index (χ4n) is 5.83. The molecule has 2 unspecified atom stereocenters. The number of nitrogens with zero attached hydrogens (tertiary/aromatic N) is 1. The van der Waals surface area contributed by atoms with Crippen molar-refractivity contribution in [1.29, 1.82) is 0 Å². The van der Waals surface area contributed by atoms with Crippen molar-refractivity contribution < 1.29 is 14.9 Å². The molecule has 7 heteroatoms. The number of halogens is 1. The van der Waals surface area contributed by atoms with Crippen LogP contribution in [0.4, 0.5) is 11.4 Å². The van der Waals surface area contributed by atoms with Gasteiger partial charge in [-0.25, -0.2) is 0 Å². The number of amides is 1. The van der Waals surface area contributed by atoms with Gasteiger partial charge in [-0.05, 0) is 64.1 Å². The molecule has 0 radical (unpaired) electrons. The number of aliphatic imine (C=N–C) groups is 1. The van der Waals surface area contributed by atoms with E-state index >= 15 is 0 Å². The fourth-order valence-corrected chi connectivity index (χ4v) is 6.10. The van der Waals surface area contributed by atoms with E-state index in [0.29, 0.717) is 5.02 Å². The zero-order valence-corrected chi connectivity index (χ0v) is 23.7. The zero-order chi connectivity index (χ0) is 28.8. The molecule has 206 valence electrons. The highest BCUT2D eigenvalue weighted by Crippen LogP contribution is 2.65. The van der Waals surface area contributed by atoms with E-state index in [4.69, 9.17) is 17.3 Å². The van der Waals surface area contributed by atoms with Crippen LogP contribution in [0, 0.1) is 0 Å². The first kappa shape index (κ1) is 26.9. The SMILES string of the molecule is CC(C)(CO)c1ccc(C2CC23C(=O)Nc2cc(Cl)c(-c4ccc(-c5ccc(N=C[NH+]=CN)cc5)cc4)cc23)cc1. The smallest absolute Gasteiger partial charge is 0.235 e. The van der Waals surface area contributed by atoms with Crippen molar-refractivity contribution in [3.8, 4) is 22.3 Å². The summed E-state index contributed by atoms with van der Waals surface area (Å²) in [7, 11) is 0. The van der Waals surface area contributed by atoms with Gasteiger partial charge in [-0.15, -0.1) is 4.99 Å². The third kappa shape index (κ3) is 4.73. The summed E-state index contributed by atoms with van der Waals surface area (Å²) in [5.41, 5.74) is 13.3. The maximum absolute atomic E-state index is 13.3. The number of carbonyl (C=O) groups is 1. The summed E-state index contributed by atoms with van der Waals surface area (Å²) >= 11 is 6.76. The van der Waals surface area contributed by atoms with Gasteiger partial charge in [0, 0.05) is 22.6 Å². The van der Waals surface area contributed by atoms with Crippen LogP contribution >= 0.6 is 11.6 Å². The number of fused-ring (bicyclic) bond motifs is 2. The number of nitrogens with two attached hydrogens (primary N) is 1. The molecule has 1 spiro atoms. The molecule has 5 N–H and O–H groups in total. The van der Waals surface area contributed by atoms with Crippen LogP contribution in [0.1, 0.15) is 42.9 Å². The van der Waals surface area contributed by atoms with Gasteiger partial charge in [0.1, 0.15) is 5.69 Å². The second-order valence-corrected chi connectivity index (χ2v) is 11.8. The number of benzene rings is 4. The maximum Gasteiger partial charge on any atom is 0.235 e. The molecular weight excluding hydrogens is 532 g/mol. The molecule has 1 aliphatic heterocycles. The number of aliphatic hydroxyl groups is 1. The summed E-state index contributed by atoms with van der Waals surface area (Å²) in [4.78, 5) is 20.3. The largest absolute Gasteiger partial charge is 0.395 e. The fraction of sp³-hybridized carbons (Fsp3) is 0.206. The third-order valence-corrected chi connectivity index (χ3v) is 8.79. The van der Waals surface area contributed by atoms with Crippen molar-refractivity contribution in [1.82, 2.24) is 0 Å². The summed E-state index contributed by atoms with van der Waals surface area (Å²) in [6.07, 6.45) is 3.62. The Morgan fingerprint density at radius 3 is 2.29 bits per heavy atom. The van der Waals surface area contributed by atoms with E-state index in [1.54, 1.807) is 0 Å². The molecule has 1 aliphatic carbocycles. The Balaban J connectivity index is 1.27. The summed E-state index contributed by atoms with van der Waals surface area (Å²) in [5.74, 6) is 0.133. The number of rotatable bonds is 7. The van der Waals surface area contributed by atoms with Crippen LogP contribution in [0.15, 0.2) is 89.9 Å². The lowest BCUT2D eigenvalue weighted by molar-refractivity contribution is -0.298. The van der Waals surface area contributed by atoms with Crippen molar-refractivity contribution in [2.45, 2.75) is 37.0 Å². The van der Waals surface area contributed by atoms with Crippen molar-refractivity contribution in [3.63, 3.8) is 0 Å². The van der Waals surface area contributed by atoms with E-state index in [1.165, 1.54) is 12.7 Å². The second-order valence-electron chi connectivity index (χ2n) is 11.4. The highest BCUT2D eigenvalue weighted by Gasteiger charge is 2.65. The quantitative estimate of drug-likeness (QED) is 0.187. The highest BCUT2D eigenvalue weighted by atomic mass is 35.5. The first-order chi connectivity index (χ1) is 19.8. The minimum atomic E-state index is -0.579. The monoisotopic (exact) mass is 563 g/mol. The Kier molecular flexibility index (Phi) is 6.76. The van der Waals surface area contributed by atoms with Crippen LogP contribution in [-0.4, -0.2) is 30.3 Å². The Morgan fingerprint density at radius 1 is 1.02 bits per heavy atom. The van der Waals surface area contributed by atoms with Gasteiger partial charge < -0.3 is 16.2 Å². The minimum absolute atomic E-state index is 0.0329. The van der Waals surface area contributed by atoms with Crippen LogP contribution in [0.5, 0.6) is 0 Å². The summed E-state index contributed by atoms with van der Waals surface area (Å²) in [6, 6.07) is 28.6. The van der Waals surface area contributed by atoms with Crippen LogP contribution < -0.4 is 16.0 Å². The lowest BCUT2D eigenvalue weighted by Crippen LogP contribution is -2.68. The first-order valence-corrected chi connectivity index (χ1v) is 14.0. The zero-order valence-electron chi connectivity index (χ0n) is 23.0. The molecule has 1 fully saturated rings. The lowest BCUT2D eigenvalue weighted by atomic mass is 9.84. The third-order valence-electron chi connectivity index (χ3n) is 8.47. The average molecular weight is 564 g/mol. The molecule has 1 saturated carbocycles. The van der Waals surface area contributed by atoms with Crippen molar-refractivity contribution >= 4 is 41.6 Å². The molecule has 41 heavy (non-hydrogen) atoms. The first-order valence-electron chi connectivity index (χ1n) is 13.7. The minimum Gasteiger partial charge on any atom is -0.395 e. The van der Waals surface area contributed by atoms with Crippen LogP contribution in [0.25, 0.3) is 22.3 Å². The van der Waals surface area contributed by atoms with E-state index in [-0.39, 0.29) is 23.8 Å². The molecule has 6 rings (SSSR count). The van der Waals surface area contributed by atoms with Gasteiger partial charge in [0.05, 0.1) is 17.0 Å². The molecule has 1 amide bonds. The summed E-state index contributed by atoms with van der Waals surface area (Å²) in [6.45, 7) is 4.12. The second kappa shape index (κ2) is 10.3. The molecule has 4 aromatic carbocycles. The molecular formula is C34H32ClN4O2+. The molecule has 2 atom stereocenters. The van der Waals surface area contributed by atoms with Crippen LogP contribution in [0.3, 0.4) is 0 Å². The normalized spacial score (nSPS) is 19.7. The molecule has 0 bridgehead atoms. The van der Waals surface area contributed by atoms with E-state index < -0.39 is 5.41 Å². The summed E-state index contributed by atoms with van der Waals surface area (Å²) < 4.78 is 0. The van der Waals surface area contributed by atoms with Gasteiger partial charge in [-0.3, -0.25) is 9.79 Å².